The Morgan fingerprint density at radius 3 is 2.87 bits per heavy atom. The van der Waals surface area contributed by atoms with Crippen LogP contribution in [0.3, 0.4) is 0 Å². The van der Waals surface area contributed by atoms with E-state index in [-0.39, 0.29) is 24.7 Å². The van der Waals surface area contributed by atoms with E-state index in [1.54, 1.807) is 0 Å². The molecule has 5 heteroatoms. The van der Waals surface area contributed by atoms with Crippen molar-refractivity contribution in [2.24, 2.45) is 16.6 Å². The number of nitrogens with two attached hydrogens (primary N) is 1. The largest absolute Gasteiger partial charge is 0.462 e. The molecule has 0 aromatic carbocycles. The Kier molecular flexibility index (Phi) is 4.84. The Labute approximate surface area is 90.0 Å². The number of amidine groups is 1. The third-order valence-corrected chi connectivity index (χ3v) is 2.73. The van der Waals surface area contributed by atoms with Crippen LogP contribution in [0.4, 0.5) is 0 Å². The smallest absolute Gasteiger partial charge is 0.282 e. The van der Waals surface area contributed by atoms with Crippen LogP contribution in [0.2, 0.25) is 0 Å². The van der Waals surface area contributed by atoms with Crippen molar-refractivity contribution in [1.82, 2.24) is 0 Å². The summed E-state index contributed by atoms with van der Waals surface area (Å²) in [5, 5.41) is 18.6. The van der Waals surface area contributed by atoms with E-state index in [1.165, 1.54) is 0 Å². The second-order valence-electron chi connectivity index (χ2n) is 3.88. The fraction of sp³-hybridized carbons (Fsp3) is 0.900. The van der Waals surface area contributed by atoms with Gasteiger partial charge in [0.05, 0.1) is 6.10 Å². The first-order valence-corrected chi connectivity index (χ1v) is 5.42. The van der Waals surface area contributed by atoms with E-state index in [1.807, 2.05) is 6.92 Å². The van der Waals surface area contributed by atoms with Gasteiger partial charge in [-0.05, 0) is 26.2 Å². The SMILES string of the molecule is CCN=C(N)O[C@@H]1CC[C@H](O)C(CO)C1. The van der Waals surface area contributed by atoms with Gasteiger partial charge < -0.3 is 20.7 Å². The summed E-state index contributed by atoms with van der Waals surface area (Å²) in [6.07, 6.45) is 1.60. The zero-order valence-corrected chi connectivity index (χ0v) is 9.09. The molecule has 1 fully saturated rings. The van der Waals surface area contributed by atoms with Gasteiger partial charge in [-0.2, -0.15) is 0 Å². The molecule has 4 N–H and O–H groups in total. The monoisotopic (exact) mass is 216 g/mol. The van der Waals surface area contributed by atoms with E-state index < -0.39 is 6.10 Å². The van der Waals surface area contributed by atoms with Gasteiger partial charge >= 0.3 is 0 Å². The molecule has 0 aliphatic heterocycles. The molecule has 1 aliphatic carbocycles. The summed E-state index contributed by atoms with van der Waals surface area (Å²) in [5.74, 6) is -0.0989. The second kappa shape index (κ2) is 5.92. The Hall–Kier alpha value is -0.810. The molecule has 0 radical (unpaired) electrons. The van der Waals surface area contributed by atoms with Crippen molar-refractivity contribution in [2.45, 2.75) is 38.4 Å². The van der Waals surface area contributed by atoms with Crippen LogP contribution < -0.4 is 5.73 Å². The lowest BCUT2D eigenvalue weighted by Crippen LogP contribution is -2.37. The maximum absolute atomic E-state index is 9.55. The first-order valence-electron chi connectivity index (χ1n) is 5.42. The quantitative estimate of drug-likeness (QED) is 0.452. The molecule has 0 aromatic heterocycles. The van der Waals surface area contributed by atoms with E-state index in [4.69, 9.17) is 15.6 Å². The number of ether oxygens (including phenoxy) is 1. The first-order chi connectivity index (χ1) is 7.17. The van der Waals surface area contributed by atoms with E-state index >= 15 is 0 Å². The van der Waals surface area contributed by atoms with Crippen LogP contribution in [-0.2, 0) is 4.74 Å². The Morgan fingerprint density at radius 1 is 1.53 bits per heavy atom. The molecule has 1 unspecified atom stereocenters. The lowest BCUT2D eigenvalue weighted by atomic mass is 9.85. The minimum atomic E-state index is -0.417. The zero-order valence-electron chi connectivity index (χ0n) is 9.09. The molecule has 0 bridgehead atoms. The van der Waals surface area contributed by atoms with Gasteiger partial charge in [-0.3, -0.25) is 0 Å². The molecule has 1 rings (SSSR count). The lowest BCUT2D eigenvalue weighted by Gasteiger charge is -2.31. The average Bonchev–Trinajstić information content (AvgIpc) is 2.21. The van der Waals surface area contributed by atoms with Crippen LogP contribution in [0.25, 0.3) is 0 Å². The van der Waals surface area contributed by atoms with Crippen LogP contribution in [-0.4, -0.2) is 41.6 Å². The number of hydrogen-bond acceptors (Lipinski definition) is 4. The van der Waals surface area contributed by atoms with Crippen LogP contribution in [0, 0.1) is 5.92 Å². The molecule has 0 aromatic rings. The maximum atomic E-state index is 9.55. The highest BCUT2D eigenvalue weighted by molar-refractivity contribution is 5.71. The van der Waals surface area contributed by atoms with Crippen molar-refractivity contribution in [1.29, 1.82) is 0 Å². The molecule has 0 saturated heterocycles. The standard InChI is InChI=1S/C10H20N2O3/c1-2-12-10(11)15-8-3-4-9(14)7(5-8)6-13/h7-9,13-14H,2-6H2,1H3,(H2,11,12)/t7?,8-,9+/m1/s1. The molecule has 88 valence electrons. The summed E-state index contributed by atoms with van der Waals surface area (Å²) in [6.45, 7) is 2.48. The summed E-state index contributed by atoms with van der Waals surface area (Å²) >= 11 is 0. The van der Waals surface area contributed by atoms with Crippen molar-refractivity contribution < 1.29 is 14.9 Å². The number of nitrogens with zero attached hydrogens (tertiary/aromatic N) is 1. The summed E-state index contributed by atoms with van der Waals surface area (Å²) in [6, 6.07) is 0.204. The van der Waals surface area contributed by atoms with E-state index in [0.29, 0.717) is 19.4 Å². The number of aliphatic hydroxyl groups excluding tert-OH is 2. The average molecular weight is 216 g/mol. The van der Waals surface area contributed by atoms with Crippen molar-refractivity contribution in [3.63, 3.8) is 0 Å². The van der Waals surface area contributed by atoms with Crippen molar-refractivity contribution >= 4 is 6.02 Å². The van der Waals surface area contributed by atoms with Crippen LogP contribution in [0.15, 0.2) is 4.99 Å². The van der Waals surface area contributed by atoms with Crippen molar-refractivity contribution in [3.05, 3.63) is 0 Å². The summed E-state index contributed by atoms with van der Waals surface area (Å²) in [7, 11) is 0. The van der Waals surface area contributed by atoms with Crippen LogP contribution >= 0.6 is 0 Å². The third kappa shape index (κ3) is 3.68. The van der Waals surface area contributed by atoms with E-state index in [2.05, 4.69) is 4.99 Å². The third-order valence-electron chi connectivity index (χ3n) is 2.73. The van der Waals surface area contributed by atoms with E-state index in [0.717, 1.165) is 6.42 Å². The maximum Gasteiger partial charge on any atom is 0.282 e. The molecule has 0 heterocycles. The number of aliphatic hydroxyl groups is 2. The molecule has 15 heavy (non-hydrogen) atoms. The predicted octanol–water partition coefficient (Wildman–Crippen LogP) is -0.141. The topological polar surface area (TPSA) is 88.1 Å². The molecule has 0 spiro atoms. The molecule has 1 aliphatic rings. The van der Waals surface area contributed by atoms with Gasteiger partial charge in [0.2, 0.25) is 0 Å². The highest BCUT2D eigenvalue weighted by Gasteiger charge is 2.29. The van der Waals surface area contributed by atoms with E-state index in [9.17, 15) is 5.11 Å². The Bertz CT molecular complexity index is 221. The summed E-state index contributed by atoms with van der Waals surface area (Å²) < 4.78 is 5.42. The first kappa shape index (κ1) is 12.3. The highest BCUT2D eigenvalue weighted by Crippen LogP contribution is 2.26. The molecule has 0 amide bonds. The minimum absolute atomic E-state index is 0.00808. The Balaban J connectivity index is 2.41. The van der Waals surface area contributed by atoms with Crippen molar-refractivity contribution in [2.75, 3.05) is 13.2 Å². The fourth-order valence-corrected chi connectivity index (χ4v) is 1.87. The zero-order chi connectivity index (χ0) is 11.3. The predicted molar refractivity (Wildman–Crippen MR) is 57.5 cm³/mol. The lowest BCUT2D eigenvalue weighted by molar-refractivity contribution is -0.0109. The van der Waals surface area contributed by atoms with Crippen LogP contribution in [0.1, 0.15) is 26.2 Å². The molecule has 1 saturated carbocycles. The normalized spacial score (nSPS) is 32.7. The van der Waals surface area contributed by atoms with Gasteiger partial charge in [0.15, 0.2) is 0 Å². The number of rotatable bonds is 3. The minimum Gasteiger partial charge on any atom is -0.462 e. The van der Waals surface area contributed by atoms with Gasteiger partial charge in [-0.25, -0.2) is 4.99 Å². The number of hydrogen-bond donors (Lipinski definition) is 3. The molecular weight excluding hydrogens is 196 g/mol. The Morgan fingerprint density at radius 2 is 2.27 bits per heavy atom. The van der Waals surface area contributed by atoms with Gasteiger partial charge in [0.25, 0.3) is 6.02 Å². The second-order valence-corrected chi connectivity index (χ2v) is 3.88. The number of aliphatic imine (C=N–C) groups is 1. The van der Waals surface area contributed by atoms with Crippen molar-refractivity contribution in [3.8, 4) is 0 Å². The van der Waals surface area contributed by atoms with Crippen LogP contribution in [0.5, 0.6) is 0 Å². The molecule has 3 atom stereocenters. The summed E-state index contributed by atoms with van der Waals surface area (Å²) in [5.41, 5.74) is 5.54. The summed E-state index contributed by atoms with van der Waals surface area (Å²) in [4.78, 5) is 3.94. The van der Waals surface area contributed by atoms with Gasteiger partial charge in [-0.15, -0.1) is 0 Å². The molecule has 5 nitrogen and oxygen atoms in total. The van der Waals surface area contributed by atoms with Gasteiger partial charge in [-0.1, -0.05) is 0 Å². The van der Waals surface area contributed by atoms with Gasteiger partial charge in [0.1, 0.15) is 6.10 Å². The van der Waals surface area contributed by atoms with Gasteiger partial charge in [0, 0.05) is 19.1 Å². The fourth-order valence-electron chi connectivity index (χ4n) is 1.87. The highest BCUT2D eigenvalue weighted by atomic mass is 16.5. The molecular formula is C10H20N2O3.